The lowest BCUT2D eigenvalue weighted by atomic mass is 10.2. The molecule has 0 fully saturated rings. The van der Waals surface area contributed by atoms with Crippen molar-refractivity contribution < 1.29 is 4.79 Å². The maximum Gasteiger partial charge on any atom is 0.261 e. The standard InChI is InChI=1S/C16H14N2O2S/c19-14(15-8-4-10-21-15)7-3-9-18-11-17-13-6-2-1-5-12(13)16(18)20/h1-2,4-6,8,10-11H,3,7,9H2. The summed E-state index contributed by atoms with van der Waals surface area (Å²) in [6, 6.07) is 11.0. The summed E-state index contributed by atoms with van der Waals surface area (Å²) in [6.45, 7) is 0.508. The van der Waals surface area contributed by atoms with Crippen molar-refractivity contribution in [1.29, 1.82) is 0 Å². The number of aryl methyl sites for hydroxylation is 1. The summed E-state index contributed by atoms with van der Waals surface area (Å²) in [5.41, 5.74) is 0.651. The van der Waals surface area contributed by atoms with Crippen LogP contribution in [0.3, 0.4) is 0 Å². The Balaban J connectivity index is 1.70. The third kappa shape index (κ3) is 2.92. The van der Waals surface area contributed by atoms with Crippen LogP contribution in [0.1, 0.15) is 22.5 Å². The molecular formula is C16H14N2O2S. The second-order valence-electron chi connectivity index (χ2n) is 4.76. The summed E-state index contributed by atoms with van der Waals surface area (Å²) < 4.78 is 1.57. The van der Waals surface area contributed by atoms with Crippen LogP contribution in [0.15, 0.2) is 52.9 Å². The molecule has 2 aromatic heterocycles. The van der Waals surface area contributed by atoms with Crippen molar-refractivity contribution in [1.82, 2.24) is 9.55 Å². The van der Waals surface area contributed by atoms with E-state index in [0.29, 0.717) is 30.3 Å². The van der Waals surface area contributed by atoms with Gasteiger partial charge in [0.2, 0.25) is 0 Å². The van der Waals surface area contributed by atoms with Gasteiger partial charge >= 0.3 is 0 Å². The van der Waals surface area contributed by atoms with Gasteiger partial charge in [-0.05, 0) is 30.0 Å². The molecule has 3 aromatic rings. The Hall–Kier alpha value is -2.27. The second-order valence-corrected chi connectivity index (χ2v) is 5.71. The van der Waals surface area contributed by atoms with E-state index in [0.717, 1.165) is 4.88 Å². The first-order valence-electron chi connectivity index (χ1n) is 6.76. The number of thiophene rings is 1. The van der Waals surface area contributed by atoms with Crippen molar-refractivity contribution in [2.45, 2.75) is 19.4 Å². The number of carbonyl (C=O) groups is 1. The van der Waals surface area contributed by atoms with E-state index >= 15 is 0 Å². The number of hydrogen-bond acceptors (Lipinski definition) is 4. The Morgan fingerprint density at radius 2 is 2.05 bits per heavy atom. The van der Waals surface area contributed by atoms with E-state index < -0.39 is 0 Å². The Morgan fingerprint density at radius 1 is 1.19 bits per heavy atom. The monoisotopic (exact) mass is 298 g/mol. The molecule has 2 heterocycles. The highest BCUT2D eigenvalue weighted by Gasteiger charge is 2.07. The van der Waals surface area contributed by atoms with Crippen LogP contribution in [0.5, 0.6) is 0 Å². The number of aromatic nitrogens is 2. The molecule has 0 saturated carbocycles. The molecule has 0 aliphatic heterocycles. The van der Waals surface area contributed by atoms with Gasteiger partial charge in [0.25, 0.3) is 5.56 Å². The zero-order valence-electron chi connectivity index (χ0n) is 11.4. The van der Waals surface area contributed by atoms with Crippen LogP contribution in [0, 0.1) is 0 Å². The molecule has 3 rings (SSSR count). The molecule has 4 nitrogen and oxygen atoms in total. The van der Waals surface area contributed by atoms with E-state index in [-0.39, 0.29) is 11.3 Å². The molecule has 1 aromatic carbocycles. The molecule has 0 aliphatic rings. The predicted molar refractivity (Wildman–Crippen MR) is 83.9 cm³/mol. The zero-order valence-corrected chi connectivity index (χ0v) is 12.2. The van der Waals surface area contributed by atoms with Gasteiger partial charge in [0, 0.05) is 13.0 Å². The van der Waals surface area contributed by atoms with Gasteiger partial charge in [0.05, 0.1) is 22.1 Å². The molecule has 21 heavy (non-hydrogen) atoms. The lowest BCUT2D eigenvalue weighted by Crippen LogP contribution is -2.21. The zero-order chi connectivity index (χ0) is 14.7. The number of rotatable bonds is 5. The van der Waals surface area contributed by atoms with Crippen LogP contribution in [-0.2, 0) is 6.54 Å². The molecule has 0 spiro atoms. The highest BCUT2D eigenvalue weighted by Crippen LogP contribution is 2.12. The number of carbonyl (C=O) groups excluding carboxylic acids is 1. The molecule has 0 saturated heterocycles. The fourth-order valence-corrected chi connectivity index (χ4v) is 2.93. The quantitative estimate of drug-likeness (QED) is 0.680. The first kappa shape index (κ1) is 13.7. The second kappa shape index (κ2) is 6.01. The number of nitrogens with zero attached hydrogens (tertiary/aromatic N) is 2. The number of ketones is 1. The van der Waals surface area contributed by atoms with Gasteiger partial charge in [-0.1, -0.05) is 18.2 Å². The summed E-state index contributed by atoms with van der Waals surface area (Å²) in [7, 11) is 0. The van der Waals surface area contributed by atoms with Crippen molar-refractivity contribution in [2.24, 2.45) is 0 Å². The Morgan fingerprint density at radius 3 is 2.86 bits per heavy atom. The first-order valence-corrected chi connectivity index (χ1v) is 7.64. The highest BCUT2D eigenvalue weighted by atomic mass is 32.1. The molecule has 0 bridgehead atoms. The van der Waals surface area contributed by atoms with Gasteiger partial charge in [-0.3, -0.25) is 14.2 Å². The van der Waals surface area contributed by atoms with Crippen molar-refractivity contribution in [3.63, 3.8) is 0 Å². The van der Waals surface area contributed by atoms with Crippen molar-refractivity contribution >= 4 is 28.0 Å². The van der Waals surface area contributed by atoms with E-state index in [1.807, 2.05) is 35.7 Å². The third-order valence-corrected chi connectivity index (χ3v) is 4.24. The van der Waals surface area contributed by atoms with Crippen LogP contribution >= 0.6 is 11.3 Å². The normalized spacial score (nSPS) is 10.9. The summed E-state index contributed by atoms with van der Waals surface area (Å²) in [4.78, 5) is 29.2. The topological polar surface area (TPSA) is 52.0 Å². The summed E-state index contributed by atoms with van der Waals surface area (Å²) in [6.07, 6.45) is 2.64. The van der Waals surface area contributed by atoms with Crippen molar-refractivity contribution in [3.8, 4) is 0 Å². The number of para-hydroxylation sites is 1. The number of fused-ring (bicyclic) bond motifs is 1. The van der Waals surface area contributed by atoms with Gasteiger partial charge in [0.1, 0.15) is 0 Å². The molecule has 5 heteroatoms. The fraction of sp³-hybridized carbons (Fsp3) is 0.188. The molecular weight excluding hydrogens is 284 g/mol. The summed E-state index contributed by atoms with van der Waals surface area (Å²) in [5, 5.41) is 2.51. The Kier molecular flexibility index (Phi) is 3.92. The minimum atomic E-state index is -0.0517. The molecule has 0 aliphatic carbocycles. The van der Waals surface area contributed by atoms with Crippen LogP contribution in [0.25, 0.3) is 10.9 Å². The van der Waals surface area contributed by atoms with Crippen LogP contribution in [-0.4, -0.2) is 15.3 Å². The van der Waals surface area contributed by atoms with Crippen molar-refractivity contribution in [2.75, 3.05) is 0 Å². The van der Waals surface area contributed by atoms with Gasteiger partial charge in [-0.25, -0.2) is 4.98 Å². The largest absolute Gasteiger partial charge is 0.299 e. The Bertz CT molecular complexity index is 822. The minimum Gasteiger partial charge on any atom is -0.299 e. The fourth-order valence-electron chi connectivity index (χ4n) is 2.24. The smallest absolute Gasteiger partial charge is 0.261 e. The van der Waals surface area contributed by atoms with Crippen LogP contribution in [0.4, 0.5) is 0 Å². The average molecular weight is 298 g/mol. The van der Waals surface area contributed by atoms with E-state index in [2.05, 4.69) is 4.98 Å². The average Bonchev–Trinajstić information content (AvgIpc) is 3.04. The summed E-state index contributed by atoms with van der Waals surface area (Å²) >= 11 is 1.45. The molecule has 106 valence electrons. The van der Waals surface area contributed by atoms with E-state index in [1.54, 1.807) is 17.0 Å². The lowest BCUT2D eigenvalue weighted by Gasteiger charge is -2.05. The highest BCUT2D eigenvalue weighted by molar-refractivity contribution is 7.12. The summed E-state index contributed by atoms with van der Waals surface area (Å²) in [5.74, 6) is 0.131. The molecule has 0 amide bonds. The lowest BCUT2D eigenvalue weighted by molar-refractivity contribution is 0.0982. The number of hydrogen-bond donors (Lipinski definition) is 0. The molecule has 0 unspecified atom stereocenters. The molecule has 0 atom stereocenters. The minimum absolute atomic E-state index is 0.0517. The Labute approximate surface area is 125 Å². The van der Waals surface area contributed by atoms with Gasteiger partial charge in [0.15, 0.2) is 5.78 Å². The molecule has 0 radical (unpaired) electrons. The van der Waals surface area contributed by atoms with Crippen molar-refractivity contribution in [3.05, 3.63) is 63.3 Å². The van der Waals surface area contributed by atoms with Gasteiger partial charge in [-0.2, -0.15) is 0 Å². The SMILES string of the molecule is O=C(CCCn1cnc2ccccc2c1=O)c1cccs1. The third-order valence-electron chi connectivity index (χ3n) is 3.33. The number of Topliss-reactive ketones (excluding diaryl/α,β-unsaturated/α-hetero) is 1. The predicted octanol–water partition coefficient (Wildman–Crippen LogP) is 3.12. The maximum atomic E-state index is 12.3. The van der Waals surface area contributed by atoms with Crippen LogP contribution in [0.2, 0.25) is 0 Å². The van der Waals surface area contributed by atoms with Gasteiger partial charge in [-0.15, -0.1) is 11.3 Å². The first-order chi connectivity index (χ1) is 10.3. The molecule has 0 N–H and O–H groups in total. The van der Waals surface area contributed by atoms with E-state index in [1.165, 1.54) is 11.3 Å². The van der Waals surface area contributed by atoms with E-state index in [4.69, 9.17) is 0 Å². The van der Waals surface area contributed by atoms with Gasteiger partial charge < -0.3 is 0 Å². The van der Waals surface area contributed by atoms with Crippen LogP contribution < -0.4 is 5.56 Å². The number of benzene rings is 1. The van der Waals surface area contributed by atoms with E-state index in [9.17, 15) is 9.59 Å². The maximum absolute atomic E-state index is 12.3.